The van der Waals surface area contributed by atoms with Crippen LogP contribution in [0.15, 0.2) is 0 Å². The lowest BCUT2D eigenvalue weighted by Crippen LogP contribution is -2.26. The predicted molar refractivity (Wildman–Crippen MR) is 64.3 cm³/mol. The highest BCUT2D eigenvalue weighted by Crippen LogP contribution is 1.96. The Balaban J connectivity index is 2.87. The second-order valence-electron chi connectivity index (χ2n) is 3.98. The van der Waals surface area contributed by atoms with Crippen LogP contribution in [-0.4, -0.2) is 39.0 Å². The van der Waals surface area contributed by atoms with Crippen LogP contribution in [0.5, 0.6) is 0 Å². The van der Waals surface area contributed by atoms with Gasteiger partial charge < -0.3 is 14.8 Å². The third-order valence-corrected chi connectivity index (χ3v) is 2.08. The van der Waals surface area contributed by atoms with Gasteiger partial charge in [0.2, 0.25) is 0 Å². The van der Waals surface area contributed by atoms with Crippen molar-refractivity contribution in [3.63, 3.8) is 0 Å². The molecule has 92 valence electrons. The molecule has 0 aliphatic rings. The second-order valence-corrected chi connectivity index (χ2v) is 3.98. The number of rotatable bonds is 11. The molecular weight excluding hydrogens is 190 g/mol. The van der Waals surface area contributed by atoms with Crippen LogP contribution in [0, 0.1) is 0 Å². The van der Waals surface area contributed by atoms with Gasteiger partial charge in [-0.15, -0.1) is 0 Å². The topological polar surface area (TPSA) is 30.5 Å². The highest BCUT2D eigenvalue weighted by molar-refractivity contribution is 4.51. The predicted octanol–water partition coefficient (Wildman–Crippen LogP) is 2.21. The normalized spacial score (nSPS) is 11.2. The highest BCUT2D eigenvalue weighted by Gasteiger charge is 1.93. The van der Waals surface area contributed by atoms with Gasteiger partial charge >= 0.3 is 0 Å². The Hall–Kier alpha value is -0.120. The van der Waals surface area contributed by atoms with E-state index in [0.29, 0.717) is 6.04 Å². The largest absolute Gasteiger partial charge is 0.382 e. The summed E-state index contributed by atoms with van der Waals surface area (Å²) in [4.78, 5) is 0. The molecule has 15 heavy (non-hydrogen) atoms. The van der Waals surface area contributed by atoms with Crippen molar-refractivity contribution in [2.45, 2.75) is 46.1 Å². The monoisotopic (exact) mass is 217 g/mol. The number of hydrogen-bond donors (Lipinski definition) is 1. The van der Waals surface area contributed by atoms with Crippen molar-refractivity contribution in [3.05, 3.63) is 0 Å². The van der Waals surface area contributed by atoms with Crippen molar-refractivity contribution in [3.8, 4) is 0 Å². The van der Waals surface area contributed by atoms with Gasteiger partial charge in [-0.2, -0.15) is 0 Å². The number of nitrogens with one attached hydrogen (secondary N) is 1. The molecule has 0 bridgehead atoms. The van der Waals surface area contributed by atoms with Crippen molar-refractivity contribution >= 4 is 0 Å². The fourth-order valence-corrected chi connectivity index (χ4v) is 1.25. The first-order valence-corrected chi connectivity index (χ1v) is 6.16. The molecule has 0 amide bonds. The summed E-state index contributed by atoms with van der Waals surface area (Å²) in [6.07, 6.45) is 3.51. The maximum Gasteiger partial charge on any atom is 0.0590 e. The first-order valence-electron chi connectivity index (χ1n) is 6.16. The molecule has 0 aromatic carbocycles. The van der Waals surface area contributed by atoms with Crippen LogP contribution in [0.4, 0.5) is 0 Å². The van der Waals surface area contributed by atoms with Gasteiger partial charge in [-0.05, 0) is 26.2 Å². The molecule has 0 aromatic rings. The highest BCUT2D eigenvalue weighted by atomic mass is 16.5. The summed E-state index contributed by atoms with van der Waals surface area (Å²) < 4.78 is 10.7. The van der Waals surface area contributed by atoms with E-state index in [4.69, 9.17) is 9.47 Å². The molecule has 0 radical (unpaired) electrons. The minimum atomic E-state index is 0.555. The van der Waals surface area contributed by atoms with E-state index in [0.717, 1.165) is 45.8 Å². The van der Waals surface area contributed by atoms with Crippen LogP contribution in [0.2, 0.25) is 0 Å². The Kier molecular flexibility index (Phi) is 11.9. The average molecular weight is 217 g/mol. The van der Waals surface area contributed by atoms with Crippen molar-refractivity contribution in [1.82, 2.24) is 5.32 Å². The summed E-state index contributed by atoms with van der Waals surface area (Å²) in [5, 5.41) is 3.32. The van der Waals surface area contributed by atoms with E-state index in [2.05, 4.69) is 19.2 Å². The van der Waals surface area contributed by atoms with Gasteiger partial charge in [-0.1, -0.05) is 13.8 Å². The first-order chi connectivity index (χ1) is 7.27. The van der Waals surface area contributed by atoms with Gasteiger partial charge in [0.25, 0.3) is 0 Å². The van der Waals surface area contributed by atoms with E-state index < -0.39 is 0 Å². The molecule has 0 saturated carbocycles. The van der Waals surface area contributed by atoms with Gasteiger partial charge in [0.15, 0.2) is 0 Å². The zero-order chi connectivity index (χ0) is 11.4. The maximum absolute atomic E-state index is 5.49. The van der Waals surface area contributed by atoms with Crippen molar-refractivity contribution in [2.24, 2.45) is 0 Å². The average Bonchev–Trinajstić information content (AvgIpc) is 2.20. The van der Waals surface area contributed by atoms with Gasteiger partial charge in [0.05, 0.1) is 6.61 Å². The first kappa shape index (κ1) is 14.9. The molecule has 0 fully saturated rings. The fourth-order valence-electron chi connectivity index (χ4n) is 1.25. The zero-order valence-electron chi connectivity index (χ0n) is 10.6. The molecule has 0 spiro atoms. The lowest BCUT2D eigenvalue weighted by molar-refractivity contribution is 0.120. The number of unbranched alkanes of at least 4 members (excludes halogenated alkanes) is 2. The molecule has 0 aromatic heterocycles. The minimum Gasteiger partial charge on any atom is -0.382 e. The van der Waals surface area contributed by atoms with Gasteiger partial charge in [0, 0.05) is 32.4 Å². The van der Waals surface area contributed by atoms with Crippen LogP contribution in [0.25, 0.3) is 0 Å². The maximum atomic E-state index is 5.49. The summed E-state index contributed by atoms with van der Waals surface area (Å²) in [6.45, 7) is 10.7. The molecule has 1 N–H and O–H groups in total. The van der Waals surface area contributed by atoms with E-state index in [1.54, 1.807) is 0 Å². The molecule has 0 aliphatic carbocycles. The van der Waals surface area contributed by atoms with E-state index in [-0.39, 0.29) is 0 Å². The minimum absolute atomic E-state index is 0.555. The van der Waals surface area contributed by atoms with Gasteiger partial charge in [0.1, 0.15) is 0 Å². The quantitative estimate of drug-likeness (QED) is 0.538. The van der Waals surface area contributed by atoms with Gasteiger partial charge in [-0.25, -0.2) is 0 Å². The van der Waals surface area contributed by atoms with Crippen LogP contribution in [0.1, 0.15) is 40.0 Å². The Morgan fingerprint density at radius 2 is 1.60 bits per heavy atom. The van der Waals surface area contributed by atoms with E-state index >= 15 is 0 Å². The SMILES string of the molecule is CCOCCCCCOCCNC(C)C. The van der Waals surface area contributed by atoms with Crippen LogP contribution in [-0.2, 0) is 9.47 Å². The number of hydrogen-bond acceptors (Lipinski definition) is 3. The summed E-state index contributed by atoms with van der Waals surface area (Å²) in [7, 11) is 0. The smallest absolute Gasteiger partial charge is 0.0590 e. The molecule has 0 aliphatic heterocycles. The van der Waals surface area contributed by atoms with Crippen molar-refractivity contribution < 1.29 is 9.47 Å². The molecule has 3 heteroatoms. The summed E-state index contributed by atoms with van der Waals surface area (Å²) in [5.74, 6) is 0. The third kappa shape index (κ3) is 13.9. The van der Waals surface area contributed by atoms with Crippen molar-refractivity contribution in [2.75, 3.05) is 33.0 Å². The van der Waals surface area contributed by atoms with Crippen LogP contribution < -0.4 is 5.32 Å². The van der Waals surface area contributed by atoms with E-state index in [1.807, 2.05) is 6.92 Å². The van der Waals surface area contributed by atoms with Crippen molar-refractivity contribution in [1.29, 1.82) is 0 Å². The van der Waals surface area contributed by atoms with E-state index in [1.165, 1.54) is 6.42 Å². The summed E-state index contributed by atoms with van der Waals surface area (Å²) >= 11 is 0. The summed E-state index contributed by atoms with van der Waals surface area (Å²) in [6, 6.07) is 0.555. The Bertz CT molecular complexity index is 118. The molecule has 3 nitrogen and oxygen atoms in total. The van der Waals surface area contributed by atoms with Crippen LogP contribution >= 0.6 is 0 Å². The molecule has 0 rings (SSSR count). The lowest BCUT2D eigenvalue weighted by Gasteiger charge is -2.08. The molecule has 0 unspecified atom stereocenters. The van der Waals surface area contributed by atoms with E-state index in [9.17, 15) is 0 Å². The standard InChI is InChI=1S/C12H27NO2/c1-4-14-9-6-5-7-10-15-11-8-13-12(2)3/h12-13H,4-11H2,1-3H3. The Labute approximate surface area is 94.5 Å². The van der Waals surface area contributed by atoms with Crippen LogP contribution in [0.3, 0.4) is 0 Å². The Morgan fingerprint density at radius 1 is 0.933 bits per heavy atom. The Morgan fingerprint density at radius 3 is 2.20 bits per heavy atom. The van der Waals surface area contributed by atoms with Gasteiger partial charge in [-0.3, -0.25) is 0 Å². The zero-order valence-corrected chi connectivity index (χ0v) is 10.6. The molecular formula is C12H27NO2. The molecule has 0 heterocycles. The molecule has 0 saturated heterocycles. The molecule has 0 atom stereocenters. The second kappa shape index (κ2) is 12.0. The summed E-state index contributed by atoms with van der Waals surface area (Å²) in [5.41, 5.74) is 0. The third-order valence-electron chi connectivity index (χ3n) is 2.08. The fraction of sp³-hybridized carbons (Fsp3) is 1.00. The lowest BCUT2D eigenvalue weighted by atomic mass is 10.2. The number of ether oxygens (including phenoxy) is 2.